The van der Waals surface area contributed by atoms with Gasteiger partial charge in [-0.1, -0.05) is 57.7 Å². The van der Waals surface area contributed by atoms with Crippen molar-refractivity contribution >= 4 is 36.9 Å². The molecule has 0 aliphatic rings. The maximum atomic E-state index is 6.06. The van der Waals surface area contributed by atoms with Crippen molar-refractivity contribution in [2.24, 2.45) is 0 Å². The average Bonchev–Trinajstić information content (AvgIpc) is 2.20. The molecule has 0 heterocycles. The molecule has 0 fully saturated rings. The summed E-state index contributed by atoms with van der Waals surface area (Å²) in [5.41, 5.74) is 2.21. The van der Waals surface area contributed by atoms with Gasteiger partial charge in [0.2, 0.25) is 6.69 Å². The van der Waals surface area contributed by atoms with E-state index in [2.05, 4.69) is 25.4 Å². The van der Waals surface area contributed by atoms with Gasteiger partial charge in [0.15, 0.2) is 0 Å². The molecule has 0 radical (unpaired) electrons. The molecule has 4 heteroatoms. The highest BCUT2D eigenvalue weighted by Crippen LogP contribution is 2.23. The van der Waals surface area contributed by atoms with Crippen molar-refractivity contribution in [3.63, 3.8) is 0 Å². The Morgan fingerprint density at radius 1 is 0.824 bits per heavy atom. The monoisotopic (exact) mass is 310 g/mol. The van der Waals surface area contributed by atoms with Crippen molar-refractivity contribution < 1.29 is 0 Å². The molecule has 0 nitrogen and oxygen atoms in total. The summed E-state index contributed by atoms with van der Waals surface area (Å²) in [5, 5.41) is 0. The summed E-state index contributed by atoms with van der Waals surface area (Å²) in [6.45, 7) is 8.91. The third-order valence-corrected chi connectivity index (χ3v) is 8.35. The third-order valence-electron chi connectivity index (χ3n) is 3.24. The van der Waals surface area contributed by atoms with Crippen LogP contribution >= 0.6 is 22.2 Å². The van der Waals surface area contributed by atoms with Gasteiger partial charge >= 0.3 is 0 Å². The van der Waals surface area contributed by atoms with Gasteiger partial charge in [0.1, 0.15) is 0 Å². The predicted molar refractivity (Wildman–Crippen MR) is 88.3 cm³/mol. The molecule has 0 saturated carbocycles. The second kappa shape index (κ2) is 8.79. The highest BCUT2D eigenvalue weighted by atomic mass is 35.7. The normalized spacial score (nSPS) is 12.8. The fourth-order valence-corrected chi connectivity index (χ4v) is 4.86. The lowest BCUT2D eigenvalue weighted by molar-refractivity contribution is 0.621. The molecule has 0 N–H and O–H groups in total. The summed E-state index contributed by atoms with van der Waals surface area (Å²) in [7, 11) is -1.04. The maximum Gasteiger partial charge on any atom is 0.248 e. The van der Waals surface area contributed by atoms with Crippen molar-refractivity contribution in [1.29, 1.82) is 0 Å². The minimum absolute atomic E-state index is 1.04. The van der Waals surface area contributed by atoms with E-state index in [1.54, 1.807) is 0 Å². The minimum Gasteiger partial charge on any atom is -0.146 e. The van der Waals surface area contributed by atoms with E-state index < -0.39 is 14.8 Å². The van der Waals surface area contributed by atoms with Crippen molar-refractivity contribution in [2.75, 3.05) is 0 Å². The number of rotatable bonds is 10. The van der Waals surface area contributed by atoms with Gasteiger partial charge in [0.25, 0.3) is 0 Å². The highest BCUT2D eigenvalue weighted by molar-refractivity contribution is 7.44. The van der Waals surface area contributed by atoms with Crippen LogP contribution in [0.4, 0.5) is 0 Å². The Kier molecular flexibility index (Phi) is 9.18. The first-order valence-corrected chi connectivity index (χ1v) is 14.8. The Bertz CT molecular complexity index is 210. The van der Waals surface area contributed by atoms with E-state index in [-0.39, 0.29) is 0 Å². The second-order valence-electron chi connectivity index (χ2n) is 5.88. The molecular formula is C13H28Cl2Si2. The molecule has 102 valence electrons. The van der Waals surface area contributed by atoms with Gasteiger partial charge in [-0.3, -0.25) is 0 Å². The van der Waals surface area contributed by atoms with Crippen LogP contribution < -0.4 is 0 Å². The molecule has 0 aromatic rings. The molecule has 0 aromatic carbocycles. The molecule has 0 aliphatic carbocycles. The van der Waals surface area contributed by atoms with E-state index in [0.29, 0.717) is 0 Å². The lowest BCUT2D eigenvalue weighted by atomic mass is 10.1. The Morgan fingerprint density at radius 2 is 1.24 bits per heavy atom. The lowest BCUT2D eigenvalue weighted by Gasteiger charge is -2.16. The van der Waals surface area contributed by atoms with Crippen molar-refractivity contribution in [3.05, 3.63) is 12.3 Å². The quantitative estimate of drug-likeness (QED) is 0.252. The number of unbranched alkanes of at least 4 members (excludes halogenated alkanes) is 5. The first kappa shape index (κ1) is 17.8. The predicted octanol–water partition coefficient (Wildman–Crippen LogP) is 6.31. The summed E-state index contributed by atoms with van der Waals surface area (Å²) < 4.78 is 0. The molecular weight excluding hydrogens is 283 g/mol. The van der Waals surface area contributed by atoms with Crippen LogP contribution in [0.2, 0.25) is 31.7 Å². The van der Waals surface area contributed by atoms with E-state index in [1.165, 1.54) is 44.6 Å². The van der Waals surface area contributed by atoms with E-state index in [0.717, 1.165) is 6.04 Å². The van der Waals surface area contributed by atoms with Crippen LogP contribution in [-0.2, 0) is 0 Å². The van der Waals surface area contributed by atoms with Crippen molar-refractivity contribution in [2.45, 2.75) is 70.3 Å². The molecule has 0 rings (SSSR count). The Morgan fingerprint density at radius 3 is 1.65 bits per heavy atom. The maximum absolute atomic E-state index is 6.06. The number of hydrogen-bond donors (Lipinski definition) is 0. The SMILES string of the molecule is C=C[Si](C)(C)CCCCCCCC[Si](C)(Cl)Cl. The zero-order valence-electron chi connectivity index (χ0n) is 11.7. The van der Waals surface area contributed by atoms with Crippen LogP contribution in [0.3, 0.4) is 0 Å². The Balaban J connectivity index is 3.28. The van der Waals surface area contributed by atoms with Gasteiger partial charge in [0.05, 0.1) is 8.07 Å². The second-order valence-corrected chi connectivity index (χ2v) is 19.0. The third kappa shape index (κ3) is 13.0. The zero-order valence-corrected chi connectivity index (χ0v) is 15.2. The molecule has 0 spiro atoms. The van der Waals surface area contributed by atoms with Crippen LogP contribution in [0, 0.1) is 0 Å². The molecule has 0 atom stereocenters. The smallest absolute Gasteiger partial charge is 0.146 e. The Labute approximate surface area is 119 Å². The molecule has 0 bridgehead atoms. The van der Waals surface area contributed by atoms with Crippen molar-refractivity contribution in [3.8, 4) is 0 Å². The molecule has 0 amide bonds. The average molecular weight is 311 g/mol. The number of halogens is 2. The first-order chi connectivity index (χ1) is 7.77. The first-order valence-electron chi connectivity index (χ1n) is 6.78. The zero-order chi connectivity index (χ0) is 13.4. The van der Waals surface area contributed by atoms with Crippen LogP contribution in [0.15, 0.2) is 12.3 Å². The molecule has 17 heavy (non-hydrogen) atoms. The van der Waals surface area contributed by atoms with Crippen LogP contribution in [0.1, 0.15) is 38.5 Å². The summed E-state index contributed by atoms with van der Waals surface area (Å²) in [6.07, 6.45) is 7.97. The molecule has 0 aliphatic heterocycles. The minimum atomic E-state index is -1.82. The van der Waals surface area contributed by atoms with Crippen molar-refractivity contribution in [1.82, 2.24) is 0 Å². The van der Waals surface area contributed by atoms with Gasteiger partial charge in [0, 0.05) is 0 Å². The molecule has 0 unspecified atom stereocenters. The van der Waals surface area contributed by atoms with Crippen LogP contribution in [0.5, 0.6) is 0 Å². The highest BCUT2D eigenvalue weighted by Gasteiger charge is 2.19. The summed E-state index contributed by atoms with van der Waals surface area (Å²) in [5.74, 6) is 0. The van der Waals surface area contributed by atoms with E-state index >= 15 is 0 Å². The van der Waals surface area contributed by atoms with E-state index in [9.17, 15) is 0 Å². The largest absolute Gasteiger partial charge is 0.248 e. The summed E-state index contributed by atoms with van der Waals surface area (Å²) in [4.78, 5) is 0. The standard InChI is InChI=1S/C13H28Cl2Si2/c1-5-16(2,3)12-10-8-6-7-9-11-13-17(4,14)15/h5H,1,6-13H2,2-4H3. The fourth-order valence-electron chi connectivity index (χ4n) is 1.83. The summed E-state index contributed by atoms with van der Waals surface area (Å²) in [6, 6.07) is 2.44. The van der Waals surface area contributed by atoms with Gasteiger partial charge in [-0.2, -0.15) is 0 Å². The van der Waals surface area contributed by atoms with Crippen LogP contribution in [-0.4, -0.2) is 14.8 Å². The van der Waals surface area contributed by atoms with E-state index in [1.807, 2.05) is 6.55 Å². The topological polar surface area (TPSA) is 0 Å². The Hall–Kier alpha value is 0.754. The fraction of sp³-hybridized carbons (Fsp3) is 0.846. The number of hydrogen-bond acceptors (Lipinski definition) is 0. The van der Waals surface area contributed by atoms with Gasteiger partial charge in [-0.25, -0.2) is 0 Å². The van der Waals surface area contributed by atoms with Gasteiger partial charge in [-0.05, 0) is 12.6 Å². The molecule has 0 saturated heterocycles. The van der Waals surface area contributed by atoms with Crippen LogP contribution in [0.25, 0.3) is 0 Å². The summed E-state index contributed by atoms with van der Waals surface area (Å²) >= 11 is 12.1. The van der Waals surface area contributed by atoms with Gasteiger partial charge in [-0.15, -0.1) is 34.4 Å². The van der Waals surface area contributed by atoms with E-state index in [4.69, 9.17) is 22.2 Å². The molecule has 0 aromatic heterocycles. The lowest BCUT2D eigenvalue weighted by Crippen LogP contribution is -2.21. The van der Waals surface area contributed by atoms with Gasteiger partial charge < -0.3 is 0 Å².